The molecule has 4 heteroatoms. The van der Waals surface area contributed by atoms with Crippen molar-refractivity contribution in [3.05, 3.63) is 64.7 Å². The average molecular weight is 277 g/mol. The maximum atomic E-state index is 13.6. The Morgan fingerprint density at radius 1 is 1.15 bits per heavy atom. The SMILES string of the molecule is COc1cc(C)ccc1C(N)Cc1ccc(F)cc1F. The molecule has 0 spiro atoms. The van der Waals surface area contributed by atoms with E-state index in [2.05, 4.69) is 0 Å². The van der Waals surface area contributed by atoms with Crippen molar-refractivity contribution in [3.8, 4) is 5.75 Å². The van der Waals surface area contributed by atoms with Crippen molar-refractivity contribution in [2.45, 2.75) is 19.4 Å². The first-order chi connectivity index (χ1) is 9.51. The Labute approximate surface area is 117 Å². The zero-order valence-electron chi connectivity index (χ0n) is 11.5. The van der Waals surface area contributed by atoms with Gasteiger partial charge in [0.15, 0.2) is 0 Å². The van der Waals surface area contributed by atoms with Crippen molar-refractivity contribution in [2.24, 2.45) is 5.73 Å². The zero-order chi connectivity index (χ0) is 14.7. The van der Waals surface area contributed by atoms with E-state index in [1.165, 1.54) is 12.1 Å². The summed E-state index contributed by atoms with van der Waals surface area (Å²) in [6.07, 6.45) is 0.283. The van der Waals surface area contributed by atoms with Gasteiger partial charge in [-0.3, -0.25) is 0 Å². The number of aryl methyl sites for hydroxylation is 1. The molecule has 2 N–H and O–H groups in total. The van der Waals surface area contributed by atoms with Crippen LogP contribution in [0.4, 0.5) is 8.78 Å². The summed E-state index contributed by atoms with van der Waals surface area (Å²) in [4.78, 5) is 0. The number of ether oxygens (including phenoxy) is 1. The monoisotopic (exact) mass is 277 g/mol. The molecule has 0 aliphatic carbocycles. The summed E-state index contributed by atoms with van der Waals surface area (Å²) in [5, 5.41) is 0. The quantitative estimate of drug-likeness (QED) is 0.928. The highest BCUT2D eigenvalue weighted by atomic mass is 19.1. The molecule has 1 unspecified atom stereocenters. The van der Waals surface area contributed by atoms with Crippen LogP contribution in [0, 0.1) is 18.6 Å². The van der Waals surface area contributed by atoms with Crippen LogP contribution in [0.3, 0.4) is 0 Å². The third-order valence-electron chi connectivity index (χ3n) is 3.24. The predicted octanol–water partition coefficient (Wildman–Crippen LogP) is 3.52. The number of hydrogen-bond acceptors (Lipinski definition) is 2. The molecule has 0 fully saturated rings. The Morgan fingerprint density at radius 3 is 2.55 bits per heavy atom. The van der Waals surface area contributed by atoms with Crippen LogP contribution in [-0.2, 0) is 6.42 Å². The number of benzene rings is 2. The van der Waals surface area contributed by atoms with Crippen LogP contribution in [0.5, 0.6) is 5.75 Å². The van der Waals surface area contributed by atoms with Gasteiger partial charge in [0.2, 0.25) is 0 Å². The van der Waals surface area contributed by atoms with Crippen molar-refractivity contribution >= 4 is 0 Å². The fourth-order valence-corrected chi connectivity index (χ4v) is 2.16. The van der Waals surface area contributed by atoms with Crippen LogP contribution in [-0.4, -0.2) is 7.11 Å². The third kappa shape index (κ3) is 3.14. The van der Waals surface area contributed by atoms with Crippen LogP contribution in [0.15, 0.2) is 36.4 Å². The number of rotatable bonds is 4. The second-order valence-electron chi connectivity index (χ2n) is 4.79. The van der Waals surface area contributed by atoms with Gasteiger partial charge in [0.1, 0.15) is 17.4 Å². The minimum Gasteiger partial charge on any atom is -0.496 e. The lowest BCUT2D eigenvalue weighted by Crippen LogP contribution is -2.15. The molecule has 0 saturated carbocycles. The lowest BCUT2D eigenvalue weighted by molar-refractivity contribution is 0.405. The molecule has 2 rings (SSSR count). The van der Waals surface area contributed by atoms with E-state index in [-0.39, 0.29) is 6.42 Å². The molecule has 0 aromatic heterocycles. The van der Waals surface area contributed by atoms with E-state index in [1.807, 2.05) is 25.1 Å². The minimum atomic E-state index is -0.590. The number of halogens is 2. The van der Waals surface area contributed by atoms with E-state index >= 15 is 0 Å². The molecule has 0 bridgehead atoms. The highest BCUT2D eigenvalue weighted by Gasteiger charge is 2.15. The number of hydrogen-bond donors (Lipinski definition) is 1. The topological polar surface area (TPSA) is 35.2 Å². The lowest BCUT2D eigenvalue weighted by Gasteiger charge is -2.16. The Balaban J connectivity index is 2.25. The molecule has 0 amide bonds. The normalized spacial score (nSPS) is 12.2. The summed E-state index contributed by atoms with van der Waals surface area (Å²) >= 11 is 0. The Morgan fingerprint density at radius 2 is 1.90 bits per heavy atom. The van der Waals surface area contributed by atoms with Gasteiger partial charge >= 0.3 is 0 Å². The highest BCUT2D eigenvalue weighted by molar-refractivity contribution is 5.40. The fraction of sp³-hybridized carbons (Fsp3) is 0.250. The summed E-state index contributed by atoms with van der Waals surface area (Å²) in [5.41, 5.74) is 8.38. The molecule has 106 valence electrons. The Hall–Kier alpha value is -1.94. The van der Waals surface area contributed by atoms with Gasteiger partial charge < -0.3 is 10.5 Å². The van der Waals surface area contributed by atoms with Crippen molar-refractivity contribution < 1.29 is 13.5 Å². The van der Waals surface area contributed by atoms with Gasteiger partial charge in [0, 0.05) is 17.7 Å². The van der Waals surface area contributed by atoms with Crippen molar-refractivity contribution in [3.63, 3.8) is 0 Å². The van der Waals surface area contributed by atoms with E-state index in [1.54, 1.807) is 7.11 Å². The first kappa shape index (κ1) is 14.5. The smallest absolute Gasteiger partial charge is 0.129 e. The summed E-state index contributed by atoms with van der Waals surface area (Å²) in [5.74, 6) is -0.487. The summed E-state index contributed by atoms with van der Waals surface area (Å²) in [7, 11) is 1.57. The molecule has 2 nitrogen and oxygen atoms in total. The van der Waals surface area contributed by atoms with Gasteiger partial charge in [-0.15, -0.1) is 0 Å². The van der Waals surface area contributed by atoms with Gasteiger partial charge in [-0.25, -0.2) is 8.78 Å². The molecule has 0 radical (unpaired) electrons. The average Bonchev–Trinajstić information content (AvgIpc) is 2.41. The van der Waals surface area contributed by atoms with E-state index in [9.17, 15) is 8.78 Å². The van der Waals surface area contributed by atoms with Crippen LogP contribution >= 0.6 is 0 Å². The van der Waals surface area contributed by atoms with Crippen LogP contribution in [0.1, 0.15) is 22.7 Å². The Bertz CT molecular complexity index is 613. The summed E-state index contributed by atoms with van der Waals surface area (Å²) in [6.45, 7) is 1.96. The first-order valence-electron chi connectivity index (χ1n) is 6.35. The van der Waals surface area contributed by atoms with Gasteiger partial charge in [-0.05, 0) is 36.6 Å². The largest absolute Gasteiger partial charge is 0.496 e. The van der Waals surface area contributed by atoms with Crippen molar-refractivity contribution in [1.29, 1.82) is 0 Å². The van der Waals surface area contributed by atoms with Gasteiger partial charge in [0.25, 0.3) is 0 Å². The highest BCUT2D eigenvalue weighted by Crippen LogP contribution is 2.27. The molecule has 0 heterocycles. The third-order valence-corrected chi connectivity index (χ3v) is 3.24. The minimum absolute atomic E-state index is 0.283. The molecule has 1 atom stereocenters. The Kier molecular flexibility index (Phi) is 4.35. The van der Waals surface area contributed by atoms with E-state index in [0.29, 0.717) is 11.3 Å². The zero-order valence-corrected chi connectivity index (χ0v) is 11.5. The van der Waals surface area contributed by atoms with Gasteiger partial charge in [0.05, 0.1) is 7.11 Å². The molecular formula is C16H17F2NO. The molecule has 0 aliphatic rings. The van der Waals surface area contributed by atoms with Crippen LogP contribution < -0.4 is 10.5 Å². The van der Waals surface area contributed by atoms with E-state index in [0.717, 1.165) is 17.2 Å². The summed E-state index contributed by atoms with van der Waals surface area (Å²) in [6, 6.07) is 8.80. The van der Waals surface area contributed by atoms with E-state index < -0.39 is 17.7 Å². The maximum Gasteiger partial charge on any atom is 0.129 e. The van der Waals surface area contributed by atoms with Gasteiger partial charge in [-0.2, -0.15) is 0 Å². The van der Waals surface area contributed by atoms with Gasteiger partial charge in [-0.1, -0.05) is 18.2 Å². The molecular weight excluding hydrogens is 260 g/mol. The van der Waals surface area contributed by atoms with E-state index in [4.69, 9.17) is 10.5 Å². The molecule has 20 heavy (non-hydrogen) atoms. The standard InChI is InChI=1S/C16H17F2NO/c1-10-3-6-13(16(7-10)20-2)15(19)8-11-4-5-12(17)9-14(11)18/h3-7,9,15H,8,19H2,1-2H3. The second-order valence-corrected chi connectivity index (χ2v) is 4.79. The number of nitrogens with two attached hydrogens (primary N) is 1. The number of methoxy groups -OCH3 is 1. The molecule has 2 aromatic carbocycles. The van der Waals surface area contributed by atoms with Crippen LogP contribution in [0.2, 0.25) is 0 Å². The molecule has 0 aliphatic heterocycles. The summed E-state index contributed by atoms with van der Waals surface area (Å²) < 4.78 is 31.8. The van der Waals surface area contributed by atoms with Crippen molar-refractivity contribution in [1.82, 2.24) is 0 Å². The maximum absolute atomic E-state index is 13.6. The van der Waals surface area contributed by atoms with Crippen LogP contribution in [0.25, 0.3) is 0 Å². The molecule has 0 saturated heterocycles. The molecule has 2 aromatic rings. The second kappa shape index (κ2) is 6.01. The van der Waals surface area contributed by atoms with Crippen molar-refractivity contribution in [2.75, 3.05) is 7.11 Å². The predicted molar refractivity (Wildman–Crippen MR) is 74.7 cm³/mol. The fourth-order valence-electron chi connectivity index (χ4n) is 2.16. The lowest BCUT2D eigenvalue weighted by atomic mass is 9.97. The first-order valence-corrected chi connectivity index (χ1v) is 6.35.